The number of aliphatic hydroxyl groups excluding tert-OH is 1. The minimum absolute atomic E-state index is 0.0247. The molecule has 1 saturated heterocycles. The number of H-pyrrole nitrogens is 1. The third kappa shape index (κ3) is 3.81. The number of nitrogen functional groups attached to an aromatic ring is 1. The average Bonchev–Trinajstić information content (AvgIpc) is 3.46. The summed E-state index contributed by atoms with van der Waals surface area (Å²) in [5.74, 6) is -0.593. The molecule has 5 unspecified atom stereocenters. The summed E-state index contributed by atoms with van der Waals surface area (Å²) in [6, 6.07) is 3.06. The van der Waals surface area contributed by atoms with Gasteiger partial charge in [-0.05, 0) is 28.1 Å². The average molecular weight is 551 g/mol. The van der Waals surface area contributed by atoms with Crippen LogP contribution in [-0.2, 0) is 20.3 Å². The van der Waals surface area contributed by atoms with Gasteiger partial charge in [0.15, 0.2) is 23.8 Å². The number of phenols is 1. The van der Waals surface area contributed by atoms with Crippen molar-refractivity contribution < 1.29 is 28.7 Å². The number of esters is 1. The number of anilines is 1. The van der Waals surface area contributed by atoms with Gasteiger partial charge in [0.25, 0.3) is 0 Å². The first-order valence-corrected chi connectivity index (χ1v) is 12.5. The van der Waals surface area contributed by atoms with Gasteiger partial charge in [-0.15, -0.1) is 0 Å². The van der Waals surface area contributed by atoms with Crippen LogP contribution in [0.25, 0.3) is 22.1 Å². The summed E-state index contributed by atoms with van der Waals surface area (Å²) in [4.78, 5) is 28.3. The lowest BCUT2D eigenvalue weighted by Crippen LogP contribution is -2.38. The summed E-state index contributed by atoms with van der Waals surface area (Å²) in [7, 11) is -1.31. The highest BCUT2D eigenvalue weighted by molar-refractivity contribution is 9.10. The molecule has 0 aliphatic carbocycles. The molecular weight excluding hydrogens is 532 g/mol. The molecule has 0 amide bonds. The second-order valence-electron chi connectivity index (χ2n) is 7.80. The largest absolute Gasteiger partial charge is 0.507 e. The Morgan fingerprint density at radius 3 is 2.94 bits per heavy atom. The van der Waals surface area contributed by atoms with Crippen LogP contribution in [0.4, 0.5) is 5.82 Å². The zero-order valence-corrected chi connectivity index (χ0v) is 20.0. The lowest BCUT2D eigenvalue weighted by Gasteiger charge is -2.20. The number of halogens is 1. The number of phenolic OH excluding ortho intramolecular Hbond substituents is 1. The Kier molecular flexibility index (Phi) is 5.75. The molecule has 5 rings (SSSR count). The lowest BCUT2D eigenvalue weighted by molar-refractivity contribution is -0.0296. The van der Waals surface area contributed by atoms with Gasteiger partial charge in [-0.2, -0.15) is 0 Å². The smallest absolute Gasteiger partial charge is 0.340 e. The Morgan fingerprint density at radius 2 is 2.18 bits per heavy atom. The number of hydrogen-bond donors (Lipinski definition) is 4. The van der Waals surface area contributed by atoms with Gasteiger partial charge in [0.2, 0.25) is 0 Å². The Bertz CT molecular complexity index is 1440. The van der Waals surface area contributed by atoms with Crippen molar-refractivity contribution in [1.29, 1.82) is 0 Å². The number of aliphatic hydroxyl groups is 1. The fourth-order valence-electron chi connectivity index (χ4n) is 4.00. The van der Waals surface area contributed by atoms with E-state index in [1.807, 2.05) is 0 Å². The van der Waals surface area contributed by atoms with Gasteiger partial charge in [-0.25, -0.2) is 19.7 Å². The third-order valence-corrected chi connectivity index (χ3v) is 7.01. The number of aromatic hydroxyl groups is 1. The molecule has 5 atom stereocenters. The van der Waals surface area contributed by atoms with Crippen LogP contribution in [0.3, 0.4) is 0 Å². The molecule has 1 aliphatic heterocycles. The molecule has 3 aromatic heterocycles. The van der Waals surface area contributed by atoms with E-state index in [1.165, 1.54) is 35.7 Å². The summed E-state index contributed by atoms with van der Waals surface area (Å²) in [5.41, 5.74) is 7.28. The van der Waals surface area contributed by atoms with Gasteiger partial charge in [0.05, 0.1) is 22.1 Å². The highest BCUT2D eigenvalue weighted by atomic mass is 79.9. The number of benzene rings is 1. The molecule has 12 nitrogen and oxygen atoms in total. The van der Waals surface area contributed by atoms with E-state index >= 15 is 0 Å². The molecule has 0 radical (unpaired) electrons. The van der Waals surface area contributed by atoms with Gasteiger partial charge in [0.1, 0.15) is 29.8 Å². The quantitative estimate of drug-likeness (QED) is 0.264. The molecule has 178 valence electrons. The van der Waals surface area contributed by atoms with Crippen molar-refractivity contribution in [1.82, 2.24) is 24.5 Å². The van der Waals surface area contributed by atoms with Crippen LogP contribution >= 0.6 is 15.9 Å². The van der Waals surface area contributed by atoms with Crippen molar-refractivity contribution in [3.8, 4) is 5.75 Å². The zero-order chi connectivity index (χ0) is 24.1. The molecule has 34 heavy (non-hydrogen) atoms. The van der Waals surface area contributed by atoms with E-state index in [-0.39, 0.29) is 22.9 Å². The molecule has 0 saturated carbocycles. The topological polar surface area (TPSA) is 178 Å². The number of imidazole rings is 1. The minimum Gasteiger partial charge on any atom is -0.507 e. The van der Waals surface area contributed by atoms with Gasteiger partial charge in [0, 0.05) is 34.2 Å². The number of nitrogens with one attached hydrogen (secondary N) is 1. The van der Waals surface area contributed by atoms with E-state index in [4.69, 9.17) is 15.2 Å². The van der Waals surface area contributed by atoms with Crippen molar-refractivity contribution in [2.24, 2.45) is 0 Å². The molecule has 14 heteroatoms. The highest BCUT2D eigenvalue weighted by Gasteiger charge is 2.48. The first-order valence-electron chi connectivity index (χ1n) is 10.0. The van der Waals surface area contributed by atoms with Crippen LogP contribution in [-0.4, -0.2) is 75.2 Å². The lowest BCUT2D eigenvalue weighted by atomic mass is 10.1. The number of hydrogen-bond acceptors (Lipinski definition) is 10. The number of nitrogens with zero attached hydrogens (tertiary/aromatic N) is 4. The number of carbonyl (C=O) groups is 1. The molecule has 1 aromatic carbocycles. The van der Waals surface area contributed by atoms with Crippen LogP contribution in [0, 0.1) is 0 Å². The Hall–Kier alpha value is -3.07. The number of carbonyl (C=O) groups excluding carboxylic acids is 1. The summed E-state index contributed by atoms with van der Waals surface area (Å²) in [6.45, 7) is 0. The van der Waals surface area contributed by atoms with E-state index in [1.54, 1.807) is 6.07 Å². The van der Waals surface area contributed by atoms with Crippen LogP contribution in [0.1, 0.15) is 16.6 Å². The van der Waals surface area contributed by atoms with E-state index in [9.17, 15) is 19.2 Å². The fraction of sp³-hybridized carbons (Fsp3) is 0.300. The van der Waals surface area contributed by atoms with Crippen LogP contribution in [0.5, 0.6) is 5.75 Å². The molecule has 4 heterocycles. The van der Waals surface area contributed by atoms with E-state index in [2.05, 4.69) is 35.9 Å². The van der Waals surface area contributed by atoms with E-state index < -0.39 is 41.3 Å². The highest BCUT2D eigenvalue weighted by Crippen LogP contribution is 2.36. The van der Waals surface area contributed by atoms with E-state index in [0.29, 0.717) is 26.5 Å². The number of nitrogens with two attached hydrogens (primary N) is 1. The SMILES string of the molecule is CS(=O)CC1OC(n2cnc3c(N)ncnc32)C(O)C1OC(=O)c1c[nH]c2cc(Br)c(O)cc12. The predicted octanol–water partition coefficient (Wildman–Crippen LogP) is 1.22. The van der Waals surface area contributed by atoms with Crippen molar-refractivity contribution in [2.45, 2.75) is 24.5 Å². The predicted molar refractivity (Wildman–Crippen MR) is 125 cm³/mol. The molecule has 4 aromatic rings. The van der Waals surface area contributed by atoms with Crippen molar-refractivity contribution >= 4 is 60.6 Å². The monoisotopic (exact) mass is 550 g/mol. The van der Waals surface area contributed by atoms with Gasteiger partial charge >= 0.3 is 5.97 Å². The summed E-state index contributed by atoms with van der Waals surface area (Å²) in [6.07, 6.45) is 1.27. The Morgan fingerprint density at radius 1 is 1.38 bits per heavy atom. The molecular formula is C20H19BrN6O6S. The normalized spacial score (nSPS) is 23.5. The molecule has 0 bridgehead atoms. The Labute approximate surface area is 202 Å². The van der Waals surface area contributed by atoms with Crippen LogP contribution < -0.4 is 5.73 Å². The third-order valence-electron chi connectivity index (χ3n) is 5.58. The van der Waals surface area contributed by atoms with Gasteiger partial charge < -0.3 is 30.4 Å². The van der Waals surface area contributed by atoms with Gasteiger partial charge in [-0.1, -0.05) is 0 Å². The van der Waals surface area contributed by atoms with Crippen molar-refractivity contribution in [3.05, 3.63) is 41.0 Å². The second-order valence-corrected chi connectivity index (χ2v) is 10.1. The molecule has 1 fully saturated rings. The number of aromatic nitrogens is 5. The van der Waals surface area contributed by atoms with Gasteiger partial charge in [-0.3, -0.25) is 8.78 Å². The number of fused-ring (bicyclic) bond motifs is 2. The second kappa shape index (κ2) is 8.61. The fourth-order valence-corrected chi connectivity index (χ4v) is 5.08. The summed E-state index contributed by atoms with van der Waals surface area (Å²) in [5, 5.41) is 21.6. The van der Waals surface area contributed by atoms with Crippen LogP contribution in [0.15, 0.2) is 35.5 Å². The number of aromatic amines is 1. The summed E-state index contributed by atoms with van der Waals surface area (Å²) >= 11 is 3.23. The number of rotatable bonds is 5. The van der Waals surface area contributed by atoms with Crippen LogP contribution in [0.2, 0.25) is 0 Å². The molecule has 0 spiro atoms. The minimum atomic E-state index is -1.32. The summed E-state index contributed by atoms with van der Waals surface area (Å²) < 4.78 is 25.6. The van der Waals surface area contributed by atoms with Crippen molar-refractivity contribution in [2.75, 3.05) is 17.7 Å². The molecule has 5 N–H and O–H groups in total. The maximum Gasteiger partial charge on any atom is 0.340 e. The maximum atomic E-state index is 13.1. The van der Waals surface area contributed by atoms with Crippen molar-refractivity contribution in [3.63, 3.8) is 0 Å². The first-order chi connectivity index (χ1) is 16.2. The number of ether oxygens (including phenoxy) is 2. The molecule has 1 aliphatic rings. The van der Waals surface area contributed by atoms with E-state index in [0.717, 1.165) is 0 Å². The Balaban J connectivity index is 1.47. The maximum absolute atomic E-state index is 13.1. The first kappa shape index (κ1) is 22.7. The zero-order valence-electron chi connectivity index (χ0n) is 17.6. The standard InChI is InChI=1S/C20H19BrN6O6S/c1-34(31)5-13-16(33-20(30)9-4-23-11-3-10(21)12(28)2-8(9)11)15(29)19(32-13)27-7-26-14-17(22)24-6-25-18(14)27/h2-4,6-7,13,15-16,19,23,28-29H,5H2,1H3,(H2,22,24,25).